The molecule has 0 fully saturated rings. The Balaban J connectivity index is 1.51. The first-order chi connectivity index (χ1) is 18.5. The summed E-state index contributed by atoms with van der Waals surface area (Å²) < 4.78 is 34.5. The Morgan fingerprint density at radius 1 is 1.05 bits per heavy atom. The third kappa shape index (κ3) is 7.73. The topological polar surface area (TPSA) is 106 Å². The number of para-hydroxylation sites is 1. The molecule has 1 aromatic heterocycles. The number of nitrogens with zero attached hydrogens (tertiary/aromatic N) is 1. The molecule has 7 nitrogen and oxygen atoms in total. The second-order valence-electron chi connectivity index (χ2n) is 9.65. The van der Waals surface area contributed by atoms with E-state index in [1.165, 1.54) is 36.0 Å². The van der Waals surface area contributed by atoms with Crippen LogP contribution < -0.4 is 9.46 Å². The lowest BCUT2D eigenvalue weighted by atomic mass is 9.97. The Morgan fingerprint density at radius 2 is 1.79 bits per heavy atom. The molecule has 39 heavy (non-hydrogen) atoms. The van der Waals surface area contributed by atoms with Crippen molar-refractivity contribution in [3.8, 4) is 5.75 Å². The Hall–Kier alpha value is -3.11. The van der Waals surface area contributed by atoms with Crippen LogP contribution in [-0.4, -0.2) is 36.8 Å². The van der Waals surface area contributed by atoms with Crippen molar-refractivity contribution in [3.05, 3.63) is 101 Å². The third-order valence-electron chi connectivity index (χ3n) is 6.08. The van der Waals surface area contributed by atoms with Crippen molar-refractivity contribution in [2.45, 2.75) is 30.6 Å². The number of hydrogen-bond acceptors (Lipinski definition) is 6. The van der Waals surface area contributed by atoms with Crippen LogP contribution in [0.25, 0.3) is 10.9 Å². The summed E-state index contributed by atoms with van der Waals surface area (Å²) in [6.07, 6.45) is 0. The summed E-state index contributed by atoms with van der Waals surface area (Å²) in [6.45, 7) is 3.61. The van der Waals surface area contributed by atoms with Crippen molar-refractivity contribution < 1.29 is 23.1 Å². The number of rotatable bonds is 12. The summed E-state index contributed by atoms with van der Waals surface area (Å²) in [7, 11) is -3.80. The van der Waals surface area contributed by atoms with Gasteiger partial charge in [0.15, 0.2) is 0 Å². The van der Waals surface area contributed by atoms with Gasteiger partial charge in [-0.15, -0.1) is 0 Å². The van der Waals surface area contributed by atoms with E-state index in [9.17, 15) is 18.3 Å². The molecule has 1 unspecified atom stereocenters. The molecule has 0 aliphatic carbocycles. The minimum Gasteiger partial charge on any atom is -0.487 e. The van der Waals surface area contributed by atoms with Crippen LogP contribution >= 0.6 is 23.4 Å². The summed E-state index contributed by atoms with van der Waals surface area (Å²) in [5, 5.41) is 10.7. The first-order valence-electron chi connectivity index (χ1n) is 12.2. The molecule has 3 aromatic carbocycles. The van der Waals surface area contributed by atoms with E-state index < -0.39 is 21.4 Å². The van der Waals surface area contributed by atoms with Crippen LogP contribution in [0, 0.1) is 5.41 Å². The highest BCUT2D eigenvalue weighted by atomic mass is 35.5. The minimum absolute atomic E-state index is 0.0566. The molecule has 0 saturated heterocycles. The van der Waals surface area contributed by atoms with Crippen LogP contribution in [0.3, 0.4) is 0 Å². The largest absolute Gasteiger partial charge is 0.487 e. The van der Waals surface area contributed by atoms with Crippen molar-refractivity contribution in [2.24, 2.45) is 5.41 Å². The normalized spacial score (nSPS) is 12.8. The minimum atomic E-state index is -3.80. The number of aliphatic carboxylic acids is 1. The number of benzene rings is 3. The second kappa shape index (κ2) is 12.4. The number of ether oxygens (including phenoxy) is 1. The van der Waals surface area contributed by atoms with Crippen molar-refractivity contribution in [1.82, 2.24) is 9.71 Å². The van der Waals surface area contributed by atoms with Gasteiger partial charge in [-0.3, -0.25) is 4.79 Å². The summed E-state index contributed by atoms with van der Waals surface area (Å²) in [5.41, 5.74) is 1.49. The maximum absolute atomic E-state index is 12.9. The number of carbonyl (C=O) groups is 1. The van der Waals surface area contributed by atoms with Gasteiger partial charge in [-0.1, -0.05) is 48.0 Å². The van der Waals surface area contributed by atoms with Gasteiger partial charge in [0, 0.05) is 28.0 Å². The number of nitrogens with one attached hydrogen (secondary N) is 1. The molecule has 0 aliphatic heterocycles. The maximum atomic E-state index is 12.9. The van der Waals surface area contributed by atoms with Gasteiger partial charge in [0.2, 0.25) is 10.0 Å². The fourth-order valence-electron chi connectivity index (χ4n) is 3.68. The van der Waals surface area contributed by atoms with E-state index in [0.29, 0.717) is 10.8 Å². The predicted molar refractivity (Wildman–Crippen MR) is 156 cm³/mol. The monoisotopic (exact) mass is 584 g/mol. The van der Waals surface area contributed by atoms with Crippen LogP contribution in [0.2, 0.25) is 5.02 Å². The summed E-state index contributed by atoms with van der Waals surface area (Å²) in [4.78, 5) is 16.4. The van der Waals surface area contributed by atoms with Gasteiger partial charge in [0.25, 0.3) is 0 Å². The number of carboxylic acids is 1. The van der Waals surface area contributed by atoms with E-state index in [1.807, 2.05) is 60.7 Å². The average Bonchev–Trinajstić information content (AvgIpc) is 2.92. The van der Waals surface area contributed by atoms with Crippen LogP contribution in [0.4, 0.5) is 0 Å². The average molecular weight is 585 g/mol. The van der Waals surface area contributed by atoms with Gasteiger partial charge in [-0.25, -0.2) is 18.1 Å². The van der Waals surface area contributed by atoms with Crippen molar-refractivity contribution in [1.29, 1.82) is 0 Å². The molecule has 10 heteroatoms. The highest BCUT2D eigenvalue weighted by molar-refractivity contribution is 7.99. The molecule has 0 bridgehead atoms. The number of carboxylic acid groups (broad SMARTS) is 1. The van der Waals surface area contributed by atoms with Crippen molar-refractivity contribution >= 4 is 50.3 Å². The van der Waals surface area contributed by atoms with E-state index in [-0.39, 0.29) is 29.0 Å². The Morgan fingerprint density at radius 3 is 2.54 bits per heavy atom. The van der Waals surface area contributed by atoms with Crippen molar-refractivity contribution in [3.63, 3.8) is 0 Å². The Labute approximate surface area is 237 Å². The van der Waals surface area contributed by atoms with E-state index in [1.54, 1.807) is 13.8 Å². The summed E-state index contributed by atoms with van der Waals surface area (Å²) in [5.74, 6) is -0.0385. The molecule has 4 rings (SSSR count). The molecule has 0 aliphatic rings. The van der Waals surface area contributed by atoms with E-state index in [2.05, 4.69) is 9.71 Å². The number of aromatic nitrogens is 1. The van der Waals surface area contributed by atoms with Gasteiger partial charge in [0.1, 0.15) is 12.4 Å². The van der Waals surface area contributed by atoms with E-state index in [4.69, 9.17) is 16.3 Å². The summed E-state index contributed by atoms with van der Waals surface area (Å²) >= 11 is 7.28. The second-order valence-corrected chi connectivity index (χ2v) is 13.0. The number of fused-ring (bicyclic) bond motifs is 1. The van der Waals surface area contributed by atoms with Gasteiger partial charge in [-0.2, -0.15) is 11.8 Å². The van der Waals surface area contributed by atoms with Crippen LogP contribution in [0.5, 0.6) is 5.75 Å². The van der Waals surface area contributed by atoms with Gasteiger partial charge >= 0.3 is 5.97 Å². The zero-order valence-corrected chi connectivity index (χ0v) is 23.9. The molecule has 2 N–H and O–H groups in total. The molecule has 0 radical (unpaired) electrons. The highest BCUT2D eigenvalue weighted by Gasteiger charge is 2.29. The number of sulfonamides is 1. The SMILES string of the molecule is CC(C)(CSC(CNS(=O)(=O)c1ccc(Cl)cc1)c1cccc(OCc2ccc3ccccc3n2)c1)C(=O)O. The molecule has 0 spiro atoms. The molecule has 0 amide bonds. The number of hydrogen-bond donors (Lipinski definition) is 2. The smallest absolute Gasteiger partial charge is 0.309 e. The van der Waals surface area contributed by atoms with E-state index in [0.717, 1.165) is 22.2 Å². The Kier molecular flexibility index (Phi) is 9.17. The molecule has 1 heterocycles. The third-order valence-corrected chi connectivity index (χ3v) is 9.50. The van der Waals surface area contributed by atoms with Crippen LogP contribution in [0.15, 0.2) is 89.8 Å². The number of halogens is 1. The molecular weight excluding hydrogens is 556 g/mol. The molecular formula is C29H29ClN2O5S2. The van der Waals surface area contributed by atoms with Crippen LogP contribution in [0.1, 0.15) is 30.4 Å². The van der Waals surface area contributed by atoms with Gasteiger partial charge < -0.3 is 9.84 Å². The molecule has 0 saturated carbocycles. The van der Waals surface area contributed by atoms with Crippen LogP contribution in [-0.2, 0) is 21.4 Å². The van der Waals surface area contributed by atoms with Gasteiger partial charge in [-0.05, 0) is 67.9 Å². The fourth-order valence-corrected chi connectivity index (χ4v) is 6.24. The fraction of sp³-hybridized carbons (Fsp3) is 0.241. The van der Waals surface area contributed by atoms with Crippen molar-refractivity contribution in [2.75, 3.05) is 12.3 Å². The number of pyridine rings is 1. The molecule has 4 aromatic rings. The quantitative estimate of drug-likeness (QED) is 0.200. The standard InChI is InChI=1S/C29H29ClN2O5S2/c1-29(2,28(33)34)19-38-27(17-31-39(35,36)25-14-11-22(30)12-15-25)21-7-5-8-24(16-21)37-18-23-13-10-20-6-3-4-9-26(20)32-23/h3-16,27,31H,17-19H2,1-2H3,(H,33,34). The maximum Gasteiger partial charge on any atom is 0.309 e. The van der Waals surface area contributed by atoms with E-state index >= 15 is 0 Å². The highest BCUT2D eigenvalue weighted by Crippen LogP contribution is 2.35. The first-order valence-corrected chi connectivity index (χ1v) is 15.1. The lowest BCUT2D eigenvalue weighted by molar-refractivity contribution is -0.145. The lowest BCUT2D eigenvalue weighted by Gasteiger charge is -2.24. The number of thioether (sulfide) groups is 1. The Bertz CT molecular complexity index is 1560. The first kappa shape index (κ1) is 28.9. The predicted octanol–water partition coefficient (Wildman–Crippen LogP) is 6.33. The zero-order valence-electron chi connectivity index (χ0n) is 21.5. The summed E-state index contributed by atoms with van der Waals surface area (Å²) in [6, 6.07) is 25.1. The molecule has 204 valence electrons. The molecule has 1 atom stereocenters. The zero-order chi connectivity index (χ0) is 28.0. The van der Waals surface area contributed by atoms with Gasteiger partial charge in [0.05, 0.1) is 21.5 Å². The lowest BCUT2D eigenvalue weighted by Crippen LogP contribution is -2.30.